The highest BCUT2D eigenvalue weighted by atomic mass is 31.2. The molecule has 0 spiro atoms. The van der Waals surface area contributed by atoms with Crippen LogP contribution in [0.2, 0.25) is 0 Å². The maximum absolute atomic E-state index is 12.3. The van der Waals surface area contributed by atoms with E-state index in [9.17, 15) is 9.59 Å². The van der Waals surface area contributed by atoms with Crippen LogP contribution in [0.4, 0.5) is 0 Å². The number of nitrogens with one attached hydrogen (secondary N) is 1. The lowest BCUT2D eigenvalue weighted by Gasteiger charge is -2.30. The van der Waals surface area contributed by atoms with Crippen molar-refractivity contribution in [1.29, 1.82) is 0 Å². The number of hydrogen-bond acceptors (Lipinski definition) is 5. The highest BCUT2D eigenvalue weighted by Crippen LogP contribution is 2.44. The van der Waals surface area contributed by atoms with Crippen molar-refractivity contribution in [2.75, 3.05) is 27.4 Å². The zero-order valence-electron chi connectivity index (χ0n) is 18.2. The minimum atomic E-state index is -2.05. The van der Waals surface area contributed by atoms with Crippen molar-refractivity contribution in [3.8, 4) is 5.75 Å². The van der Waals surface area contributed by atoms with Crippen LogP contribution in [0.1, 0.15) is 49.8 Å². The molecular weight excluding hydrogens is 377 g/mol. The second-order valence-corrected chi connectivity index (χ2v) is 10.4. The monoisotopic (exact) mass is 411 g/mol. The second kappa shape index (κ2) is 10.2. The lowest BCUT2D eigenvalue weighted by molar-refractivity contribution is -0.136. The molecule has 0 saturated carbocycles. The molecule has 158 valence electrons. The van der Waals surface area contributed by atoms with Crippen LogP contribution in [0.15, 0.2) is 12.1 Å². The van der Waals surface area contributed by atoms with Gasteiger partial charge in [0.15, 0.2) is 0 Å². The first kappa shape index (κ1) is 24.4. The van der Waals surface area contributed by atoms with Gasteiger partial charge in [-0.05, 0) is 42.9 Å². The summed E-state index contributed by atoms with van der Waals surface area (Å²) in [6, 6.07) is 3.95. The van der Waals surface area contributed by atoms with Crippen LogP contribution in [0.5, 0.6) is 5.75 Å². The molecule has 7 heteroatoms. The van der Waals surface area contributed by atoms with Crippen LogP contribution < -0.4 is 10.1 Å². The molecule has 0 aliphatic carbocycles. The van der Waals surface area contributed by atoms with E-state index in [4.69, 9.17) is 13.8 Å². The summed E-state index contributed by atoms with van der Waals surface area (Å²) in [6.07, 6.45) is 4.83. The molecule has 1 aromatic carbocycles. The Balaban J connectivity index is 3.02. The number of carbonyl (C=O) groups excluding carboxylic acids is 2. The fourth-order valence-corrected chi connectivity index (χ4v) is 3.65. The summed E-state index contributed by atoms with van der Waals surface area (Å²) in [6.45, 7) is 10.5. The van der Waals surface area contributed by atoms with Gasteiger partial charge in [0.2, 0.25) is 5.91 Å². The van der Waals surface area contributed by atoms with Gasteiger partial charge in [-0.15, -0.1) is 0 Å². The summed E-state index contributed by atoms with van der Waals surface area (Å²) < 4.78 is 16.8. The number of hydrogen-bond donors (Lipinski definition) is 1. The molecule has 0 aromatic heterocycles. The summed E-state index contributed by atoms with van der Waals surface area (Å²) >= 11 is 0. The summed E-state index contributed by atoms with van der Waals surface area (Å²) in [5.41, 5.74) is 2.75. The maximum Gasteiger partial charge on any atom is 0.311 e. The molecule has 0 bridgehead atoms. The molecule has 0 heterocycles. The molecule has 1 unspecified atom stereocenters. The van der Waals surface area contributed by atoms with Crippen molar-refractivity contribution >= 4 is 25.5 Å². The number of carbonyl (C=O) groups is 2. The molecular formula is C21H34NO5P. The molecule has 0 fully saturated rings. The quantitative estimate of drug-likeness (QED) is 0.358. The highest BCUT2D eigenvalue weighted by Gasteiger charge is 2.28. The minimum Gasteiger partial charge on any atom is -0.426 e. The highest BCUT2D eigenvalue weighted by molar-refractivity contribution is 7.63. The third-order valence-electron chi connectivity index (χ3n) is 4.66. The third-order valence-corrected chi connectivity index (χ3v) is 6.16. The Labute approximate surface area is 169 Å². The van der Waals surface area contributed by atoms with Gasteiger partial charge in [-0.25, -0.2) is 0 Å². The van der Waals surface area contributed by atoms with Crippen LogP contribution in [0, 0.1) is 13.8 Å². The number of amides is 1. The Morgan fingerprint density at radius 1 is 1.21 bits per heavy atom. The van der Waals surface area contributed by atoms with Crippen LogP contribution in [-0.2, 0) is 24.1 Å². The number of ether oxygens (including phenoxy) is 1. The Morgan fingerprint density at radius 2 is 1.86 bits per heavy atom. The summed E-state index contributed by atoms with van der Waals surface area (Å²) in [5, 5.41) is 2.50. The van der Waals surface area contributed by atoms with E-state index >= 15 is 0 Å². The van der Waals surface area contributed by atoms with Crippen molar-refractivity contribution in [1.82, 2.24) is 5.32 Å². The van der Waals surface area contributed by atoms with Crippen molar-refractivity contribution in [3.63, 3.8) is 0 Å². The smallest absolute Gasteiger partial charge is 0.311 e. The molecule has 6 nitrogen and oxygen atoms in total. The SMILES string of the molecule is C=P(C)(OC)OCCC(C)(C)c1c(C)cc(C)cc1OC(=O)CCC(=O)NC. The van der Waals surface area contributed by atoms with Gasteiger partial charge in [0.1, 0.15) is 13.1 Å². The van der Waals surface area contributed by atoms with E-state index in [1.54, 1.807) is 14.2 Å². The molecule has 1 rings (SSSR count). The average molecular weight is 411 g/mol. The van der Waals surface area contributed by atoms with Gasteiger partial charge in [-0.1, -0.05) is 26.2 Å². The number of benzene rings is 1. The Kier molecular flexibility index (Phi) is 8.93. The number of esters is 1. The van der Waals surface area contributed by atoms with Gasteiger partial charge >= 0.3 is 5.97 Å². The normalized spacial score (nSPS) is 13.7. The van der Waals surface area contributed by atoms with Gasteiger partial charge in [0.25, 0.3) is 0 Å². The zero-order valence-corrected chi connectivity index (χ0v) is 19.1. The van der Waals surface area contributed by atoms with Crippen LogP contribution in [-0.4, -0.2) is 45.6 Å². The Morgan fingerprint density at radius 3 is 2.43 bits per heavy atom. The average Bonchev–Trinajstić information content (AvgIpc) is 2.58. The molecule has 1 atom stereocenters. The second-order valence-electron chi connectivity index (χ2n) is 7.77. The van der Waals surface area contributed by atoms with E-state index in [-0.39, 0.29) is 24.2 Å². The largest absolute Gasteiger partial charge is 0.426 e. The van der Waals surface area contributed by atoms with Gasteiger partial charge in [-0.3, -0.25) is 9.59 Å². The van der Waals surface area contributed by atoms with Crippen molar-refractivity contribution in [3.05, 3.63) is 28.8 Å². The maximum atomic E-state index is 12.3. The first-order valence-corrected chi connectivity index (χ1v) is 11.6. The van der Waals surface area contributed by atoms with Gasteiger partial charge in [-0.2, -0.15) is 0 Å². The molecule has 0 aliphatic rings. The summed E-state index contributed by atoms with van der Waals surface area (Å²) in [4.78, 5) is 23.7. The van der Waals surface area contributed by atoms with E-state index < -0.39 is 13.3 Å². The number of aryl methyl sites for hydroxylation is 2. The van der Waals surface area contributed by atoms with Crippen molar-refractivity contribution < 1.29 is 23.4 Å². The van der Waals surface area contributed by atoms with E-state index in [1.165, 1.54) is 0 Å². The Hall–Kier alpha value is -1.62. The first-order valence-electron chi connectivity index (χ1n) is 9.36. The van der Waals surface area contributed by atoms with Crippen molar-refractivity contribution in [2.24, 2.45) is 0 Å². The summed E-state index contributed by atoms with van der Waals surface area (Å²) in [7, 11) is 1.10. The summed E-state index contributed by atoms with van der Waals surface area (Å²) in [5.74, 6) is -0.0614. The fourth-order valence-electron chi connectivity index (χ4n) is 3.06. The standard InChI is InChI=1S/C21H34NO5P/c1-15-13-16(2)20(21(3,4)11-12-26-28(7,8)25-6)17(14-15)27-19(24)10-9-18(23)22-5/h13-14H,7,9-12H2,1-6,8H3,(H,22,23). The Bertz CT molecular complexity index is 757. The molecule has 28 heavy (non-hydrogen) atoms. The lowest BCUT2D eigenvalue weighted by atomic mass is 9.78. The first-order chi connectivity index (χ1) is 12.9. The van der Waals surface area contributed by atoms with Gasteiger partial charge < -0.3 is 19.1 Å². The zero-order chi connectivity index (χ0) is 21.5. The van der Waals surface area contributed by atoms with Gasteiger partial charge in [0, 0.05) is 32.8 Å². The van der Waals surface area contributed by atoms with Crippen molar-refractivity contribution in [2.45, 2.75) is 52.4 Å². The molecule has 0 saturated heterocycles. The van der Waals surface area contributed by atoms with Crippen LogP contribution in [0.3, 0.4) is 0 Å². The molecule has 1 aromatic rings. The molecule has 1 N–H and O–H groups in total. The predicted molar refractivity (Wildman–Crippen MR) is 115 cm³/mol. The van der Waals surface area contributed by atoms with Gasteiger partial charge in [0.05, 0.1) is 13.0 Å². The number of rotatable bonds is 10. The molecule has 1 amide bonds. The molecule has 0 radical (unpaired) electrons. The van der Waals surface area contributed by atoms with Crippen LogP contribution >= 0.6 is 7.34 Å². The van der Waals surface area contributed by atoms with E-state index in [1.807, 2.05) is 26.6 Å². The predicted octanol–water partition coefficient (Wildman–Crippen LogP) is 3.98. The lowest BCUT2D eigenvalue weighted by Crippen LogP contribution is -2.24. The van der Waals surface area contributed by atoms with Crippen LogP contribution in [0.25, 0.3) is 0 Å². The van der Waals surface area contributed by atoms with E-state index in [0.717, 1.165) is 16.7 Å². The minimum absolute atomic E-state index is 0.0355. The van der Waals surface area contributed by atoms with E-state index in [2.05, 4.69) is 31.5 Å². The fraction of sp³-hybridized carbons (Fsp3) is 0.571. The molecule has 0 aliphatic heterocycles. The van der Waals surface area contributed by atoms with E-state index in [0.29, 0.717) is 18.8 Å². The topological polar surface area (TPSA) is 73.9 Å². The third kappa shape index (κ3) is 7.42.